The van der Waals surface area contributed by atoms with Crippen molar-refractivity contribution in [1.82, 2.24) is 20.5 Å². The molecule has 0 fully saturated rings. The minimum absolute atomic E-state index is 0.154. The molecule has 5 N–H and O–H groups in total. The van der Waals surface area contributed by atoms with Gasteiger partial charge >= 0.3 is 0 Å². The number of amides is 2. The number of nitrogens with one attached hydrogen (secondary N) is 3. The van der Waals surface area contributed by atoms with Gasteiger partial charge in [0.25, 0.3) is 5.91 Å². The van der Waals surface area contributed by atoms with Crippen LogP contribution in [0.2, 0.25) is 0 Å². The maximum atomic E-state index is 12.1. The van der Waals surface area contributed by atoms with Crippen LogP contribution in [-0.2, 0) is 4.79 Å². The number of H-pyrrole nitrogens is 1. The van der Waals surface area contributed by atoms with Crippen LogP contribution in [0.15, 0.2) is 54.0 Å². The number of hydrogen-bond acceptors (Lipinski definition) is 6. The number of rotatable bonds is 5. The molecule has 8 nitrogen and oxygen atoms in total. The van der Waals surface area contributed by atoms with Crippen LogP contribution in [0.1, 0.15) is 10.4 Å². The van der Waals surface area contributed by atoms with Gasteiger partial charge in [-0.05, 0) is 36.4 Å². The number of nitrogens with zero attached hydrogens (tertiary/aromatic N) is 2. The van der Waals surface area contributed by atoms with Crippen molar-refractivity contribution in [3.8, 4) is 11.3 Å². The van der Waals surface area contributed by atoms with Crippen LogP contribution in [0.4, 0.5) is 10.8 Å². The molecule has 0 spiro atoms. The summed E-state index contributed by atoms with van der Waals surface area (Å²) >= 11 is 1.32. The molecule has 0 aliphatic heterocycles. The summed E-state index contributed by atoms with van der Waals surface area (Å²) in [4.78, 5) is 28.6. The summed E-state index contributed by atoms with van der Waals surface area (Å²) in [5, 5.41) is 15.5. The van der Waals surface area contributed by atoms with E-state index in [2.05, 4.69) is 25.8 Å². The van der Waals surface area contributed by atoms with Crippen LogP contribution in [0.5, 0.6) is 0 Å². The first-order valence-corrected chi connectivity index (χ1v) is 9.29. The Kier molecular flexibility index (Phi) is 4.73. The molecule has 4 aromatic rings. The highest BCUT2D eigenvalue weighted by molar-refractivity contribution is 7.14. The van der Waals surface area contributed by atoms with Crippen LogP contribution >= 0.6 is 11.3 Å². The molecule has 4 rings (SSSR count). The van der Waals surface area contributed by atoms with E-state index in [-0.39, 0.29) is 18.4 Å². The molecular formula is C19H16N6O2S. The van der Waals surface area contributed by atoms with Gasteiger partial charge in [-0.25, -0.2) is 4.98 Å². The number of carbonyl (C=O) groups excluding carboxylic acids is 2. The molecule has 2 aromatic heterocycles. The van der Waals surface area contributed by atoms with E-state index in [1.807, 2.05) is 23.6 Å². The maximum absolute atomic E-state index is 12.1. The Labute approximate surface area is 163 Å². The average molecular weight is 392 g/mol. The van der Waals surface area contributed by atoms with Gasteiger partial charge in [-0.1, -0.05) is 6.07 Å². The van der Waals surface area contributed by atoms with Crippen LogP contribution in [-0.4, -0.2) is 33.5 Å². The number of fused-ring (bicyclic) bond motifs is 1. The Balaban J connectivity index is 1.36. The first-order valence-electron chi connectivity index (χ1n) is 8.41. The summed E-state index contributed by atoms with van der Waals surface area (Å²) in [6, 6.07) is 12.3. The fourth-order valence-electron chi connectivity index (χ4n) is 2.63. The second kappa shape index (κ2) is 7.49. The number of benzene rings is 2. The molecule has 0 aliphatic rings. The van der Waals surface area contributed by atoms with Gasteiger partial charge in [-0.15, -0.1) is 11.3 Å². The average Bonchev–Trinajstić information content (AvgIpc) is 3.35. The fraction of sp³-hybridized carbons (Fsp3) is 0.0526. The summed E-state index contributed by atoms with van der Waals surface area (Å²) in [6.07, 6.45) is 1.75. The monoisotopic (exact) mass is 392 g/mol. The van der Waals surface area contributed by atoms with Crippen LogP contribution in [0, 0.1) is 0 Å². The third kappa shape index (κ3) is 3.84. The zero-order chi connectivity index (χ0) is 19.5. The summed E-state index contributed by atoms with van der Waals surface area (Å²) in [7, 11) is 0. The zero-order valence-corrected chi connectivity index (χ0v) is 15.4. The number of nitrogens with two attached hydrogens (primary N) is 1. The van der Waals surface area contributed by atoms with E-state index in [0.717, 1.165) is 22.2 Å². The van der Waals surface area contributed by atoms with E-state index in [0.29, 0.717) is 16.4 Å². The molecule has 140 valence electrons. The van der Waals surface area contributed by atoms with E-state index in [9.17, 15) is 9.59 Å². The van der Waals surface area contributed by atoms with Crippen LogP contribution in [0.25, 0.3) is 22.2 Å². The van der Waals surface area contributed by atoms with E-state index in [1.54, 1.807) is 30.5 Å². The molecule has 0 unspecified atom stereocenters. The van der Waals surface area contributed by atoms with Gasteiger partial charge in [-0.2, -0.15) is 5.10 Å². The van der Waals surface area contributed by atoms with Gasteiger partial charge in [0.2, 0.25) is 5.91 Å². The van der Waals surface area contributed by atoms with Crippen molar-refractivity contribution in [2.75, 3.05) is 17.6 Å². The van der Waals surface area contributed by atoms with Crippen molar-refractivity contribution < 1.29 is 9.59 Å². The van der Waals surface area contributed by atoms with Crippen molar-refractivity contribution in [3.63, 3.8) is 0 Å². The van der Waals surface area contributed by atoms with Gasteiger partial charge in [0.1, 0.15) is 0 Å². The van der Waals surface area contributed by atoms with Gasteiger partial charge in [0.15, 0.2) is 5.13 Å². The predicted molar refractivity (Wildman–Crippen MR) is 109 cm³/mol. The molecule has 0 atom stereocenters. The Bertz CT molecular complexity index is 1150. The van der Waals surface area contributed by atoms with Crippen molar-refractivity contribution >= 4 is 44.9 Å². The first kappa shape index (κ1) is 17.7. The Morgan fingerprint density at radius 2 is 1.96 bits per heavy atom. The van der Waals surface area contributed by atoms with Crippen LogP contribution < -0.4 is 16.4 Å². The summed E-state index contributed by atoms with van der Waals surface area (Å²) in [5.41, 5.74) is 9.24. The van der Waals surface area contributed by atoms with E-state index in [1.165, 1.54) is 11.3 Å². The number of carbonyl (C=O) groups is 2. The molecule has 2 heterocycles. The fourth-order valence-corrected chi connectivity index (χ4v) is 3.36. The van der Waals surface area contributed by atoms with Crippen LogP contribution in [0.3, 0.4) is 0 Å². The Morgan fingerprint density at radius 1 is 1.14 bits per heavy atom. The molecule has 0 aliphatic carbocycles. The minimum atomic E-state index is -0.352. The van der Waals surface area contributed by atoms with E-state index < -0.39 is 0 Å². The normalized spacial score (nSPS) is 10.7. The topological polar surface area (TPSA) is 126 Å². The lowest BCUT2D eigenvalue weighted by atomic mass is 10.1. The standard InChI is InChI=1S/C19H16N6O2S/c20-14-4-1-11(2-5-14)18(27)21-9-17(26)24-19-23-16(10-28-19)12-3-6-15-13(7-12)8-22-25-15/h1-8,10H,9,20H2,(H,21,27)(H,22,25)(H,23,24,26). The number of aromatic amines is 1. The molecule has 0 saturated heterocycles. The van der Waals surface area contributed by atoms with Gasteiger partial charge in [0, 0.05) is 27.6 Å². The van der Waals surface area contributed by atoms with Gasteiger partial charge in [0.05, 0.1) is 24.0 Å². The van der Waals surface area contributed by atoms with Crippen molar-refractivity contribution in [3.05, 3.63) is 59.6 Å². The number of thiazole rings is 1. The molecule has 2 amide bonds. The third-order valence-corrected chi connectivity index (χ3v) is 4.83. The largest absolute Gasteiger partial charge is 0.399 e. The van der Waals surface area contributed by atoms with Crippen molar-refractivity contribution in [2.45, 2.75) is 0 Å². The van der Waals surface area contributed by atoms with Crippen molar-refractivity contribution in [2.24, 2.45) is 0 Å². The predicted octanol–water partition coefficient (Wildman–Crippen LogP) is 2.64. The number of hydrogen-bond donors (Lipinski definition) is 4. The van der Waals surface area contributed by atoms with E-state index in [4.69, 9.17) is 5.73 Å². The van der Waals surface area contributed by atoms with Gasteiger partial charge < -0.3 is 16.4 Å². The highest BCUT2D eigenvalue weighted by atomic mass is 32.1. The first-order chi connectivity index (χ1) is 13.6. The Morgan fingerprint density at radius 3 is 2.79 bits per heavy atom. The van der Waals surface area contributed by atoms with Crippen molar-refractivity contribution in [1.29, 1.82) is 0 Å². The molecule has 9 heteroatoms. The van der Waals surface area contributed by atoms with E-state index >= 15 is 0 Å². The molecular weight excluding hydrogens is 376 g/mol. The molecule has 2 aromatic carbocycles. The zero-order valence-electron chi connectivity index (χ0n) is 14.6. The quantitative estimate of drug-likeness (QED) is 0.389. The maximum Gasteiger partial charge on any atom is 0.251 e. The smallest absolute Gasteiger partial charge is 0.251 e. The lowest BCUT2D eigenvalue weighted by Gasteiger charge is -2.05. The second-order valence-corrected chi connectivity index (χ2v) is 6.92. The molecule has 0 bridgehead atoms. The lowest BCUT2D eigenvalue weighted by molar-refractivity contribution is -0.115. The highest BCUT2D eigenvalue weighted by Crippen LogP contribution is 2.27. The van der Waals surface area contributed by atoms with Gasteiger partial charge in [-0.3, -0.25) is 14.7 Å². The summed E-state index contributed by atoms with van der Waals surface area (Å²) in [5.74, 6) is -0.696. The minimum Gasteiger partial charge on any atom is -0.399 e. The number of nitrogen functional groups attached to an aromatic ring is 1. The SMILES string of the molecule is Nc1ccc(C(=O)NCC(=O)Nc2nc(-c3ccc4[nH]ncc4c3)cs2)cc1. The molecule has 0 saturated carbocycles. The second-order valence-electron chi connectivity index (χ2n) is 6.06. The third-order valence-electron chi connectivity index (χ3n) is 4.07. The highest BCUT2D eigenvalue weighted by Gasteiger charge is 2.11. The summed E-state index contributed by atoms with van der Waals surface area (Å²) < 4.78 is 0. The summed E-state index contributed by atoms with van der Waals surface area (Å²) in [6.45, 7) is -0.154. The number of aromatic nitrogens is 3. The molecule has 28 heavy (non-hydrogen) atoms. The number of anilines is 2. The lowest BCUT2D eigenvalue weighted by Crippen LogP contribution is -2.32. The Hall–Kier alpha value is -3.72. The molecule has 0 radical (unpaired) electrons.